The summed E-state index contributed by atoms with van der Waals surface area (Å²) in [7, 11) is -2.78. The van der Waals surface area contributed by atoms with Crippen LogP contribution in [0.3, 0.4) is 0 Å². The molecule has 0 aliphatic heterocycles. The van der Waals surface area contributed by atoms with Gasteiger partial charge in [0.05, 0.1) is 7.11 Å². The number of benzene rings is 2. The number of aromatic hydroxyl groups is 2. The number of Topliss-reactive ketones (excluding diaryl/α,β-unsaturated/α-hetero) is 1. The molecule has 0 saturated carbocycles. The van der Waals surface area contributed by atoms with Gasteiger partial charge in [0.15, 0.2) is 17.3 Å². The van der Waals surface area contributed by atoms with Gasteiger partial charge in [0.2, 0.25) is 5.75 Å². The van der Waals surface area contributed by atoms with E-state index >= 15 is 0 Å². The SMILES string of the molecule is COc1ccc(S(=O)(=O)Oc2cc3c(c(O)c2O)C2=C(CCC2)C(=O)CC3)cc1. The van der Waals surface area contributed by atoms with Crippen LogP contribution < -0.4 is 8.92 Å². The number of rotatable bonds is 4. The van der Waals surface area contributed by atoms with E-state index in [1.165, 1.54) is 37.4 Å². The summed E-state index contributed by atoms with van der Waals surface area (Å²) in [5.74, 6) is -0.965. The number of allylic oxidation sites excluding steroid dienone is 2. The molecule has 0 amide bonds. The Kier molecular flexibility index (Phi) is 4.74. The van der Waals surface area contributed by atoms with Gasteiger partial charge in [-0.3, -0.25) is 4.79 Å². The van der Waals surface area contributed by atoms with Crippen LogP contribution >= 0.6 is 0 Å². The van der Waals surface area contributed by atoms with Crippen molar-refractivity contribution in [1.82, 2.24) is 0 Å². The van der Waals surface area contributed by atoms with E-state index in [0.29, 0.717) is 41.7 Å². The molecule has 29 heavy (non-hydrogen) atoms. The summed E-state index contributed by atoms with van der Waals surface area (Å²) in [6.07, 6.45) is 2.68. The van der Waals surface area contributed by atoms with Crippen LogP contribution in [0.15, 0.2) is 40.8 Å². The number of hydrogen-bond donors (Lipinski definition) is 2. The molecule has 2 aliphatic carbocycles. The monoisotopic (exact) mass is 416 g/mol. The van der Waals surface area contributed by atoms with E-state index in [9.17, 15) is 23.4 Å². The van der Waals surface area contributed by atoms with E-state index in [4.69, 9.17) is 8.92 Å². The molecule has 0 radical (unpaired) electrons. The number of carbonyl (C=O) groups excluding carboxylic acids is 1. The second-order valence-electron chi connectivity index (χ2n) is 7.05. The lowest BCUT2D eigenvalue weighted by molar-refractivity contribution is -0.115. The minimum Gasteiger partial charge on any atom is -0.504 e. The number of fused-ring (bicyclic) bond motifs is 2. The van der Waals surface area contributed by atoms with Gasteiger partial charge in [0, 0.05) is 12.0 Å². The number of aryl methyl sites for hydroxylation is 1. The van der Waals surface area contributed by atoms with Crippen LogP contribution in [-0.4, -0.2) is 31.5 Å². The van der Waals surface area contributed by atoms with Crippen LogP contribution in [0.5, 0.6) is 23.0 Å². The zero-order valence-corrected chi connectivity index (χ0v) is 16.6. The van der Waals surface area contributed by atoms with Gasteiger partial charge in [-0.15, -0.1) is 0 Å². The Morgan fingerprint density at radius 1 is 0.931 bits per heavy atom. The number of methoxy groups -OCH3 is 1. The fraction of sp³-hybridized carbons (Fsp3) is 0.286. The quantitative estimate of drug-likeness (QED) is 0.581. The topological polar surface area (TPSA) is 110 Å². The van der Waals surface area contributed by atoms with Crippen molar-refractivity contribution in [3.63, 3.8) is 0 Å². The van der Waals surface area contributed by atoms with Crippen molar-refractivity contribution in [2.45, 2.75) is 37.0 Å². The van der Waals surface area contributed by atoms with Gasteiger partial charge in [-0.25, -0.2) is 0 Å². The first-order chi connectivity index (χ1) is 13.8. The van der Waals surface area contributed by atoms with Crippen LogP contribution in [0.25, 0.3) is 5.57 Å². The summed E-state index contributed by atoms with van der Waals surface area (Å²) < 4.78 is 35.4. The lowest BCUT2D eigenvalue weighted by atomic mass is 9.95. The van der Waals surface area contributed by atoms with E-state index < -0.39 is 21.6 Å². The molecule has 0 saturated heterocycles. The minimum absolute atomic E-state index is 0.0286. The van der Waals surface area contributed by atoms with E-state index in [1.807, 2.05) is 0 Å². The number of phenolic OH excluding ortho intramolecular Hbond substituents is 2. The number of ketones is 1. The summed E-state index contributed by atoms with van der Waals surface area (Å²) in [5.41, 5.74) is 2.44. The van der Waals surface area contributed by atoms with Crippen molar-refractivity contribution in [2.75, 3.05) is 7.11 Å². The molecule has 2 N–H and O–H groups in total. The van der Waals surface area contributed by atoms with Crippen molar-refractivity contribution < 1.29 is 32.3 Å². The molecule has 0 bridgehead atoms. The summed E-state index contributed by atoms with van der Waals surface area (Å²) in [5, 5.41) is 21.1. The molecule has 0 aromatic heterocycles. The Morgan fingerprint density at radius 2 is 1.62 bits per heavy atom. The smallest absolute Gasteiger partial charge is 0.339 e. The maximum absolute atomic E-state index is 12.6. The molecule has 2 aromatic rings. The fourth-order valence-electron chi connectivity index (χ4n) is 3.92. The number of carbonyl (C=O) groups is 1. The second-order valence-corrected chi connectivity index (χ2v) is 8.60. The Labute approximate surface area is 168 Å². The Morgan fingerprint density at radius 3 is 2.31 bits per heavy atom. The maximum Gasteiger partial charge on any atom is 0.339 e. The summed E-state index contributed by atoms with van der Waals surface area (Å²) in [4.78, 5) is 12.3. The van der Waals surface area contributed by atoms with Gasteiger partial charge in [0.25, 0.3) is 0 Å². The highest BCUT2D eigenvalue weighted by Gasteiger charge is 2.32. The van der Waals surface area contributed by atoms with Crippen LogP contribution in [0.2, 0.25) is 0 Å². The molecular formula is C21H20O7S. The standard InChI is InChI=1S/C21H20O7S/c1-27-13-6-8-14(9-7-13)29(25,26)28-18-11-12-5-10-17(22)15-3-2-4-16(15)19(12)21(24)20(18)23/h6-9,11,23-24H,2-5,10H2,1H3. The molecule has 2 aromatic carbocycles. The molecule has 7 nitrogen and oxygen atoms in total. The Hall–Kier alpha value is -3.00. The first-order valence-electron chi connectivity index (χ1n) is 9.23. The highest BCUT2D eigenvalue weighted by Crippen LogP contribution is 2.49. The fourth-order valence-corrected chi connectivity index (χ4v) is 4.85. The predicted octanol–water partition coefficient (Wildman–Crippen LogP) is 3.33. The van der Waals surface area contributed by atoms with Gasteiger partial charge >= 0.3 is 10.1 Å². The van der Waals surface area contributed by atoms with Crippen molar-refractivity contribution in [2.24, 2.45) is 0 Å². The van der Waals surface area contributed by atoms with Crippen molar-refractivity contribution in [1.29, 1.82) is 0 Å². The van der Waals surface area contributed by atoms with Crippen molar-refractivity contribution in [3.8, 4) is 23.0 Å². The molecule has 0 heterocycles. The highest BCUT2D eigenvalue weighted by atomic mass is 32.2. The molecule has 4 rings (SSSR count). The summed E-state index contributed by atoms with van der Waals surface area (Å²) in [6, 6.07) is 6.99. The highest BCUT2D eigenvalue weighted by molar-refractivity contribution is 7.87. The average Bonchev–Trinajstić information content (AvgIpc) is 3.14. The first-order valence-corrected chi connectivity index (χ1v) is 10.6. The third kappa shape index (κ3) is 3.33. The van der Waals surface area contributed by atoms with Gasteiger partial charge < -0.3 is 19.1 Å². The van der Waals surface area contributed by atoms with Crippen molar-refractivity contribution >= 4 is 21.5 Å². The zero-order valence-electron chi connectivity index (χ0n) is 15.8. The van der Waals surface area contributed by atoms with E-state index in [0.717, 1.165) is 12.0 Å². The van der Waals surface area contributed by atoms with Crippen LogP contribution in [0.1, 0.15) is 36.8 Å². The van der Waals surface area contributed by atoms with Crippen molar-refractivity contribution in [3.05, 3.63) is 47.0 Å². The Bertz CT molecular complexity index is 1130. The average molecular weight is 416 g/mol. The number of hydrogen-bond acceptors (Lipinski definition) is 7. The van der Waals surface area contributed by atoms with Gasteiger partial charge in [0.1, 0.15) is 10.6 Å². The van der Waals surface area contributed by atoms with E-state index in [2.05, 4.69) is 0 Å². The third-order valence-electron chi connectivity index (χ3n) is 5.35. The van der Waals surface area contributed by atoms with Gasteiger partial charge in [-0.05, 0) is 72.7 Å². The lowest BCUT2D eigenvalue weighted by Gasteiger charge is -2.16. The molecule has 0 atom stereocenters. The summed E-state index contributed by atoms with van der Waals surface area (Å²) >= 11 is 0. The van der Waals surface area contributed by atoms with Gasteiger partial charge in [-0.1, -0.05) is 0 Å². The van der Waals surface area contributed by atoms with Gasteiger partial charge in [-0.2, -0.15) is 8.42 Å². The minimum atomic E-state index is -4.25. The number of ether oxygens (including phenoxy) is 1. The molecule has 0 unspecified atom stereocenters. The first kappa shape index (κ1) is 19.3. The molecule has 0 fully saturated rings. The molecule has 8 heteroatoms. The lowest BCUT2D eigenvalue weighted by Crippen LogP contribution is -2.10. The normalized spacial score (nSPS) is 16.2. The van der Waals surface area contributed by atoms with E-state index in [1.54, 1.807) is 0 Å². The molecule has 152 valence electrons. The predicted molar refractivity (Wildman–Crippen MR) is 105 cm³/mol. The van der Waals surface area contributed by atoms with Crippen LogP contribution in [0, 0.1) is 0 Å². The number of phenols is 2. The second kappa shape index (κ2) is 7.11. The maximum atomic E-state index is 12.6. The third-order valence-corrected chi connectivity index (χ3v) is 6.59. The van der Waals surface area contributed by atoms with Crippen LogP contribution in [-0.2, 0) is 21.3 Å². The molecule has 2 aliphatic rings. The van der Waals surface area contributed by atoms with Crippen LogP contribution in [0.4, 0.5) is 0 Å². The molecular weight excluding hydrogens is 396 g/mol. The Balaban J connectivity index is 1.75. The summed E-state index contributed by atoms with van der Waals surface area (Å²) in [6.45, 7) is 0. The molecule has 0 spiro atoms. The largest absolute Gasteiger partial charge is 0.504 e. The van der Waals surface area contributed by atoms with E-state index in [-0.39, 0.29) is 22.8 Å². The zero-order chi connectivity index (χ0) is 20.8.